The molecule has 0 spiro atoms. The number of methoxy groups -OCH3 is 1. The predicted molar refractivity (Wildman–Crippen MR) is 132 cm³/mol. The first-order valence-corrected chi connectivity index (χ1v) is 11.7. The smallest absolute Gasteiger partial charge is 0.261 e. The number of halogens is 2. The first-order chi connectivity index (χ1) is 16.9. The van der Waals surface area contributed by atoms with Gasteiger partial charge in [-0.05, 0) is 68.5 Å². The van der Waals surface area contributed by atoms with Gasteiger partial charge in [-0.25, -0.2) is 18.6 Å². The molecule has 8 heteroatoms. The molecular formula is C27H28F2N4O2. The fraction of sp³-hybridized carbons (Fsp3) is 0.370. The second-order valence-electron chi connectivity index (χ2n) is 8.83. The van der Waals surface area contributed by atoms with Crippen molar-refractivity contribution in [3.8, 4) is 28.1 Å². The number of hydrogen-bond acceptors (Lipinski definition) is 4. The van der Waals surface area contributed by atoms with Crippen molar-refractivity contribution in [2.45, 2.75) is 32.1 Å². The lowest BCUT2D eigenvalue weighted by atomic mass is 9.94. The minimum absolute atomic E-state index is 0.0575. The van der Waals surface area contributed by atoms with Crippen molar-refractivity contribution < 1.29 is 13.5 Å². The van der Waals surface area contributed by atoms with Gasteiger partial charge in [-0.2, -0.15) is 0 Å². The van der Waals surface area contributed by atoms with Crippen molar-refractivity contribution in [3.63, 3.8) is 0 Å². The molecule has 6 nitrogen and oxygen atoms in total. The Morgan fingerprint density at radius 3 is 2.63 bits per heavy atom. The highest BCUT2D eigenvalue weighted by Crippen LogP contribution is 2.33. The highest BCUT2D eigenvalue weighted by molar-refractivity contribution is 5.81. The van der Waals surface area contributed by atoms with Gasteiger partial charge in [0.05, 0.1) is 24.9 Å². The maximum Gasteiger partial charge on any atom is 0.261 e. The standard InChI is InChI=1S/C27H28F2N4O2/c1-30-22-9-7-19(16-20(22)28)26-25(18-8-10-23(35-3)21(29)15-18)27(34)33(2)24(32-26)11-6-17-5-4-13-31-14-12-17/h7-10,15-17,31H,4-6,11-14H2,2-3H3. The normalized spacial score (nSPS) is 15.9. The average molecular weight is 479 g/mol. The first-order valence-electron chi connectivity index (χ1n) is 11.7. The van der Waals surface area contributed by atoms with Gasteiger partial charge in [0.2, 0.25) is 5.69 Å². The Hall–Kier alpha value is -3.57. The number of aromatic nitrogens is 2. The molecule has 2 heterocycles. The summed E-state index contributed by atoms with van der Waals surface area (Å²) in [6.45, 7) is 9.13. The van der Waals surface area contributed by atoms with Gasteiger partial charge < -0.3 is 10.1 Å². The molecule has 1 saturated heterocycles. The van der Waals surface area contributed by atoms with Gasteiger partial charge in [-0.15, -0.1) is 0 Å². The minimum Gasteiger partial charge on any atom is -0.494 e. The van der Waals surface area contributed by atoms with E-state index in [9.17, 15) is 13.6 Å². The lowest BCUT2D eigenvalue weighted by Crippen LogP contribution is -2.25. The van der Waals surface area contributed by atoms with E-state index in [0.29, 0.717) is 29.3 Å². The number of rotatable bonds is 6. The van der Waals surface area contributed by atoms with E-state index in [-0.39, 0.29) is 28.3 Å². The van der Waals surface area contributed by atoms with E-state index in [1.807, 2.05) is 0 Å². The quantitative estimate of drug-likeness (QED) is 0.490. The second kappa shape index (κ2) is 10.8. The van der Waals surface area contributed by atoms with Crippen LogP contribution in [0.5, 0.6) is 5.75 Å². The van der Waals surface area contributed by atoms with Crippen LogP contribution in [0.2, 0.25) is 0 Å². The maximum absolute atomic E-state index is 14.6. The molecule has 0 saturated carbocycles. The Morgan fingerprint density at radius 2 is 1.91 bits per heavy atom. The van der Waals surface area contributed by atoms with Crippen molar-refractivity contribution >= 4 is 5.69 Å². The molecule has 0 amide bonds. The molecule has 1 aliphatic heterocycles. The Bertz CT molecular complexity index is 1320. The largest absolute Gasteiger partial charge is 0.494 e. The molecular weight excluding hydrogens is 450 g/mol. The Kier molecular flexibility index (Phi) is 7.57. The van der Waals surface area contributed by atoms with Gasteiger partial charge in [-0.3, -0.25) is 9.36 Å². The van der Waals surface area contributed by atoms with Crippen LogP contribution in [0.15, 0.2) is 41.2 Å². The highest BCUT2D eigenvalue weighted by atomic mass is 19.1. The van der Waals surface area contributed by atoms with E-state index in [1.54, 1.807) is 19.2 Å². The number of nitrogens with zero attached hydrogens (tertiary/aromatic N) is 3. The Labute approximate surface area is 203 Å². The van der Waals surface area contributed by atoms with Crippen LogP contribution >= 0.6 is 0 Å². The molecule has 1 aliphatic rings. The molecule has 35 heavy (non-hydrogen) atoms. The van der Waals surface area contributed by atoms with Crippen LogP contribution in [0.3, 0.4) is 0 Å². The lowest BCUT2D eigenvalue weighted by Gasteiger charge is -2.18. The molecule has 1 atom stereocenters. The number of aryl methyl sites for hydroxylation is 1. The zero-order chi connectivity index (χ0) is 24.9. The maximum atomic E-state index is 14.6. The summed E-state index contributed by atoms with van der Waals surface area (Å²) in [5.41, 5.74) is 0.668. The summed E-state index contributed by atoms with van der Waals surface area (Å²) in [4.78, 5) is 21.6. The molecule has 1 N–H and O–H groups in total. The summed E-state index contributed by atoms with van der Waals surface area (Å²) < 4.78 is 35.6. The number of nitrogens with one attached hydrogen (secondary N) is 1. The average Bonchev–Trinajstić information content (AvgIpc) is 3.13. The third-order valence-electron chi connectivity index (χ3n) is 6.64. The van der Waals surface area contributed by atoms with E-state index < -0.39 is 11.6 Å². The lowest BCUT2D eigenvalue weighted by molar-refractivity contribution is 0.386. The van der Waals surface area contributed by atoms with Gasteiger partial charge in [0.1, 0.15) is 11.6 Å². The van der Waals surface area contributed by atoms with Crippen molar-refractivity contribution in [1.82, 2.24) is 14.9 Å². The third kappa shape index (κ3) is 5.25. The van der Waals surface area contributed by atoms with Gasteiger partial charge in [-0.1, -0.05) is 18.2 Å². The molecule has 3 aromatic rings. The fourth-order valence-electron chi connectivity index (χ4n) is 4.62. The molecule has 4 rings (SSSR count). The molecule has 1 aromatic heterocycles. The topological polar surface area (TPSA) is 60.5 Å². The fourth-order valence-corrected chi connectivity index (χ4v) is 4.62. The Balaban J connectivity index is 1.83. The van der Waals surface area contributed by atoms with Crippen LogP contribution in [0.1, 0.15) is 31.5 Å². The van der Waals surface area contributed by atoms with Crippen LogP contribution in [0.4, 0.5) is 14.5 Å². The minimum atomic E-state index is -0.695. The van der Waals surface area contributed by atoms with Gasteiger partial charge in [0.15, 0.2) is 11.6 Å². The summed E-state index contributed by atoms with van der Waals surface area (Å²) in [5.74, 6) is -0.120. The van der Waals surface area contributed by atoms with Crippen molar-refractivity contribution in [1.29, 1.82) is 0 Å². The molecule has 0 aliphatic carbocycles. The molecule has 0 bridgehead atoms. The summed E-state index contributed by atoms with van der Waals surface area (Å²) in [6, 6.07) is 8.41. The van der Waals surface area contributed by atoms with Crippen LogP contribution in [0.25, 0.3) is 27.2 Å². The highest BCUT2D eigenvalue weighted by Gasteiger charge is 2.21. The summed E-state index contributed by atoms with van der Waals surface area (Å²) >= 11 is 0. The van der Waals surface area contributed by atoms with Crippen molar-refractivity contribution in [3.05, 3.63) is 75.6 Å². The summed E-state index contributed by atoms with van der Waals surface area (Å²) in [7, 11) is 3.03. The van der Waals surface area contributed by atoms with Gasteiger partial charge >= 0.3 is 0 Å². The monoisotopic (exact) mass is 478 g/mol. The van der Waals surface area contributed by atoms with Crippen LogP contribution < -0.4 is 15.6 Å². The molecule has 1 unspecified atom stereocenters. The van der Waals surface area contributed by atoms with Crippen LogP contribution in [0, 0.1) is 24.1 Å². The zero-order valence-corrected chi connectivity index (χ0v) is 19.9. The Morgan fingerprint density at radius 1 is 1.14 bits per heavy atom. The first kappa shape index (κ1) is 24.6. The van der Waals surface area contributed by atoms with Crippen molar-refractivity contribution in [2.75, 3.05) is 20.2 Å². The molecule has 1 fully saturated rings. The summed E-state index contributed by atoms with van der Waals surface area (Å²) in [6.07, 6.45) is 4.82. The number of ether oxygens (including phenoxy) is 1. The number of hydrogen-bond donors (Lipinski definition) is 1. The van der Waals surface area contributed by atoms with Gasteiger partial charge in [0.25, 0.3) is 5.56 Å². The van der Waals surface area contributed by atoms with E-state index in [2.05, 4.69) is 10.2 Å². The van der Waals surface area contributed by atoms with E-state index in [4.69, 9.17) is 16.3 Å². The molecule has 0 radical (unpaired) electrons. The van der Waals surface area contributed by atoms with Gasteiger partial charge in [0, 0.05) is 19.0 Å². The second-order valence-corrected chi connectivity index (χ2v) is 8.83. The third-order valence-corrected chi connectivity index (χ3v) is 6.64. The van der Waals surface area contributed by atoms with Crippen LogP contribution in [-0.4, -0.2) is 29.8 Å². The molecule has 2 aromatic carbocycles. The van der Waals surface area contributed by atoms with E-state index in [1.165, 1.54) is 35.9 Å². The van der Waals surface area contributed by atoms with E-state index >= 15 is 0 Å². The molecule has 182 valence electrons. The van der Waals surface area contributed by atoms with E-state index in [0.717, 1.165) is 38.8 Å². The predicted octanol–water partition coefficient (Wildman–Crippen LogP) is 5.27. The van der Waals surface area contributed by atoms with Crippen molar-refractivity contribution in [2.24, 2.45) is 13.0 Å². The summed E-state index contributed by atoms with van der Waals surface area (Å²) in [5, 5.41) is 3.41. The van der Waals surface area contributed by atoms with Crippen LogP contribution in [-0.2, 0) is 13.5 Å². The number of benzene rings is 2. The zero-order valence-electron chi connectivity index (χ0n) is 19.9. The SMILES string of the molecule is [C-]#[N+]c1ccc(-c2nc(CCC3CCCNCC3)n(C)c(=O)c2-c2ccc(OC)c(F)c2)cc1F.